The van der Waals surface area contributed by atoms with E-state index in [1.807, 2.05) is 12.1 Å². The third kappa shape index (κ3) is 7.05. The van der Waals surface area contributed by atoms with Crippen molar-refractivity contribution < 1.29 is 0 Å². The van der Waals surface area contributed by atoms with Gasteiger partial charge < -0.3 is 10.6 Å². The molecular weight excluding hydrogens is 435 g/mol. The molecule has 1 aromatic carbocycles. The van der Waals surface area contributed by atoms with Crippen molar-refractivity contribution in [1.29, 1.82) is 0 Å². The van der Waals surface area contributed by atoms with Crippen molar-refractivity contribution in [3.8, 4) is 0 Å². The highest BCUT2D eigenvalue weighted by Gasteiger charge is 2.06. The first-order valence-corrected chi connectivity index (χ1v) is 8.24. The standard InChI is InChI=1S/C18H23ClN4.HI/c1-3-20-18(23-13-15-9-10-17(19)21-12-15)22-11-14(2)16-7-5-4-6-8-16;/h4-10,12,14H,3,11,13H2,1-2H3,(H2,20,22,23);1H. The van der Waals surface area contributed by atoms with Crippen LogP contribution in [-0.4, -0.2) is 24.0 Å². The minimum Gasteiger partial charge on any atom is -0.357 e. The number of hydrogen-bond acceptors (Lipinski definition) is 2. The molecule has 6 heteroatoms. The van der Waals surface area contributed by atoms with Crippen LogP contribution in [0.15, 0.2) is 53.7 Å². The molecule has 2 aromatic rings. The molecule has 0 saturated carbocycles. The molecule has 0 aliphatic carbocycles. The second-order valence-electron chi connectivity index (χ2n) is 5.38. The van der Waals surface area contributed by atoms with Gasteiger partial charge in [-0.25, -0.2) is 9.98 Å². The maximum atomic E-state index is 5.80. The van der Waals surface area contributed by atoms with Crippen molar-refractivity contribution in [2.45, 2.75) is 26.3 Å². The van der Waals surface area contributed by atoms with Crippen molar-refractivity contribution in [1.82, 2.24) is 15.6 Å². The van der Waals surface area contributed by atoms with Gasteiger partial charge in [-0.1, -0.05) is 54.9 Å². The van der Waals surface area contributed by atoms with Crippen molar-refractivity contribution in [2.24, 2.45) is 4.99 Å². The number of aliphatic imine (C=N–C) groups is 1. The zero-order chi connectivity index (χ0) is 16.5. The van der Waals surface area contributed by atoms with E-state index in [1.54, 1.807) is 12.3 Å². The minimum absolute atomic E-state index is 0. The largest absolute Gasteiger partial charge is 0.357 e. The Hall–Kier alpha value is -1.34. The molecule has 0 spiro atoms. The Kier molecular flexibility index (Phi) is 9.71. The van der Waals surface area contributed by atoms with Crippen LogP contribution in [0.25, 0.3) is 0 Å². The van der Waals surface area contributed by atoms with Gasteiger partial charge in [0.15, 0.2) is 5.96 Å². The monoisotopic (exact) mass is 458 g/mol. The molecule has 4 nitrogen and oxygen atoms in total. The highest BCUT2D eigenvalue weighted by Crippen LogP contribution is 2.13. The second-order valence-corrected chi connectivity index (χ2v) is 5.76. The van der Waals surface area contributed by atoms with Gasteiger partial charge >= 0.3 is 0 Å². The minimum atomic E-state index is 0. The number of pyridine rings is 1. The first-order chi connectivity index (χ1) is 11.2. The highest BCUT2D eigenvalue weighted by molar-refractivity contribution is 14.0. The van der Waals surface area contributed by atoms with E-state index in [1.165, 1.54) is 5.56 Å². The first kappa shape index (κ1) is 20.7. The van der Waals surface area contributed by atoms with E-state index in [0.29, 0.717) is 17.6 Å². The molecule has 2 rings (SSSR count). The van der Waals surface area contributed by atoms with Crippen LogP contribution in [-0.2, 0) is 6.54 Å². The van der Waals surface area contributed by atoms with Gasteiger partial charge in [-0.2, -0.15) is 0 Å². The van der Waals surface area contributed by atoms with Gasteiger partial charge in [0.2, 0.25) is 0 Å². The van der Waals surface area contributed by atoms with Crippen LogP contribution in [0, 0.1) is 0 Å². The molecule has 0 fully saturated rings. The van der Waals surface area contributed by atoms with Gasteiger partial charge in [0, 0.05) is 19.3 Å². The fraction of sp³-hybridized carbons (Fsp3) is 0.333. The molecule has 1 atom stereocenters. The smallest absolute Gasteiger partial charge is 0.191 e. The van der Waals surface area contributed by atoms with Gasteiger partial charge in [0.05, 0.1) is 6.54 Å². The number of hydrogen-bond donors (Lipinski definition) is 2. The van der Waals surface area contributed by atoms with Crippen LogP contribution in [0.1, 0.15) is 30.9 Å². The van der Waals surface area contributed by atoms with Gasteiger partial charge in [0.1, 0.15) is 5.15 Å². The summed E-state index contributed by atoms with van der Waals surface area (Å²) in [4.78, 5) is 8.66. The van der Waals surface area contributed by atoms with E-state index in [-0.39, 0.29) is 24.0 Å². The number of halogens is 2. The maximum Gasteiger partial charge on any atom is 0.191 e. The zero-order valence-electron chi connectivity index (χ0n) is 14.0. The van der Waals surface area contributed by atoms with Gasteiger partial charge in [-0.15, -0.1) is 24.0 Å². The van der Waals surface area contributed by atoms with E-state index in [2.05, 4.69) is 58.7 Å². The van der Waals surface area contributed by atoms with Crippen LogP contribution in [0.2, 0.25) is 5.15 Å². The Morgan fingerprint density at radius 3 is 2.54 bits per heavy atom. The lowest BCUT2D eigenvalue weighted by Crippen LogP contribution is -2.39. The van der Waals surface area contributed by atoms with Crippen molar-refractivity contribution in [3.63, 3.8) is 0 Å². The summed E-state index contributed by atoms with van der Waals surface area (Å²) in [6, 6.07) is 14.2. The molecular formula is C18H24ClIN4. The quantitative estimate of drug-likeness (QED) is 0.295. The van der Waals surface area contributed by atoms with Gasteiger partial charge in [0.25, 0.3) is 0 Å². The van der Waals surface area contributed by atoms with E-state index in [4.69, 9.17) is 11.6 Å². The molecule has 130 valence electrons. The predicted octanol–water partition coefficient (Wildman–Crippen LogP) is 4.21. The fourth-order valence-corrected chi connectivity index (χ4v) is 2.27. The van der Waals surface area contributed by atoms with Crippen molar-refractivity contribution in [3.05, 3.63) is 64.9 Å². The number of rotatable bonds is 6. The van der Waals surface area contributed by atoms with Crippen LogP contribution >= 0.6 is 35.6 Å². The predicted molar refractivity (Wildman–Crippen MR) is 112 cm³/mol. The van der Waals surface area contributed by atoms with E-state index in [9.17, 15) is 0 Å². The van der Waals surface area contributed by atoms with Crippen molar-refractivity contribution in [2.75, 3.05) is 13.1 Å². The Morgan fingerprint density at radius 2 is 1.92 bits per heavy atom. The molecule has 1 unspecified atom stereocenters. The van der Waals surface area contributed by atoms with Gasteiger partial charge in [-0.3, -0.25) is 0 Å². The third-order valence-electron chi connectivity index (χ3n) is 3.50. The SMILES string of the molecule is CCNC(=NCc1ccc(Cl)nc1)NCC(C)c1ccccc1.I. The highest BCUT2D eigenvalue weighted by atomic mass is 127. The second kappa shape index (κ2) is 11.3. The summed E-state index contributed by atoms with van der Waals surface area (Å²) >= 11 is 5.80. The number of guanidine groups is 1. The van der Waals surface area contributed by atoms with E-state index >= 15 is 0 Å². The molecule has 0 bridgehead atoms. The average molecular weight is 459 g/mol. The summed E-state index contributed by atoms with van der Waals surface area (Å²) in [6.45, 7) is 6.48. The van der Waals surface area contributed by atoms with E-state index < -0.39 is 0 Å². The summed E-state index contributed by atoms with van der Waals surface area (Å²) in [5.41, 5.74) is 2.35. The van der Waals surface area contributed by atoms with Crippen molar-refractivity contribution >= 4 is 41.5 Å². The molecule has 0 amide bonds. The molecule has 1 aromatic heterocycles. The summed E-state index contributed by atoms with van der Waals surface area (Å²) < 4.78 is 0. The molecule has 0 saturated heterocycles. The summed E-state index contributed by atoms with van der Waals surface area (Å²) in [6.07, 6.45) is 1.75. The van der Waals surface area contributed by atoms with E-state index in [0.717, 1.165) is 24.6 Å². The zero-order valence-corrected chi connectivity index (χ0v) is 17.1. The molecule has 0 radical (unpaired) electrons. The lowest BCUT2D eigenvalue weighted by Gasteiger charge is -2.16. The number of nitrogens with zero attached hydrogens (tertiary/aromatic N) is 2. The average Bonchev–Trinajstić information content (AvgIpc) is 2.59. The Balaban J connectivity index is 0.00000288. The molecule has 0 aliphatic rings. The molecule has 0 aliphatic heterocycles. The molecule has 24 heavy (non-hydrogen) atoms. The van der Waals surface area contributed by atoms with Crippen LogP contribution in [0.4, 0.5) is 0 Å². The first-order valence-electron chi connectivity index (χ1n) is 7.86. The molecule has 1 heterocycles. The van der Waals surface area contributed by atoms with Crippen LogP contribution < -0.4 is 10.6 Å². The van der Waals surface area contributed by atoms with Crippen LogP contribution in [0.3, 0.4) is 0 Å². The number of benzene rings is 1. The fourth-order valence-electron chi connectivity index (χ4n) is 2.16. The Labute approximate surface area is 166 Å². The third-order valence-corrected chi connectivity index (χ3v) is 3.72. The number of aromatic nitrogens is 1. The Bertz CT molecular complexity index is 617. The number of nitrogens with one attached hydrogen (secondary N) is 2. The lowest BCUT2D eigenvalue weighted by atomic mass is 10.0. The molecule has 2 N–H and O–H groups in total. The van der Waals surface area contributed by atoms with Crippen LogP contribution in [0.5, 0.6) is 0 Å². The Morgan fingerprint density at radius 1 is 1.17 bits per heavy atom. The summed E-state index contributed by atoms with van der Waals surface area (Å²) in [7, 11) is 0. The summed E-state index contributed by atoms with van der Waals surface area (Å²) in [5, 5.41) is 7.16. The maximum absolute atomic E-state index is 5.80. The summed E-state index contributed by atoms with van der Waals surface area (Å²) in [5.74, 6) is 1.22. The topological polar surface area (TPSA) is 49.3 Å². The normalized spacial score (nSPS) is 12.2. The lowest BCUT2D eigenvalue weighted by molar-refractivity contribution is 0.699. The van der Waals surface area contributed by atoms with Gasteiger partial charge in [-0.05, 0) is 30.0 Å².